The van der Waals surface area contributed by atoms with Gasteiger partial charge in [0.25, 0.3) is 0 Å². The maximum atomic E-state index is 13.3. The molecule has 1 aliphatic rings. The molecule has 0 saturated heterocycles. The van der Waals surface area contributed by atoms with E-state index in [1.54, 1.807) is 0 Å². The number of pyridine rings is 1. The number of methoxy groups -OCH3 is 1. The van der Waals surface area contributed by atoms with Crippen molar-refractivity contribution >= 4 is 15.9 Å². The predicted molar refractivity (Wildman–Crippen MR) is 56.7 cm³/mol. The fourth-order valence-corrected chi connectivity index (χ4v) is 1.69. The van der Waals surface area contributed by atoms with Crippen LogP contribution in [0.4, 0.5) is 4.39 Å². The fourth-order valence-electron chi connectivity index (χ4n) is 1.32. The topological polar surface area (TPSA) is 31.4 Å². The second kappa shape index (κ2) is 4.35. The number of ether oxygens (including phenoxy) is 2. The molecule has 0 amide bonds. The Labute approximate surface area is 95.7 Å². The number of aromatic nitrogens is 1. The van der Waals surface area contributed by atoms with Gasteiger partial charge in [-0.15, -0.1) is 0 Å². The largest absolute Gasteiger partial charge is 0.493 e. The molecule has 15 heavy (non-hydrogen) atoms. The molecule has 1 aliphatic carbocycles. The van der Waals surface area contributed by atoms with E-state index in [1.165, 1.54) is 19.6 Å². The average Bonchev–Trinajstić information content (AvgIpc) is 2.16. The van der Waals surface area contributed by atoms with Gasteiger partial charge in [-0.2, -0.15) is 4.39 Å². The van der Waals surface area contributed by atoms with E-state index in [0.717, 1.165) is 12.8 Å². The number of halogens is 2. The first-order valence-electron chi connectivity index (χ1n) is 4.77. The predicted octanol–water partition coefficient (Wildman–Crippen LogP) is 2.92. The van der Waals surface area contributed by atoms with Gasteiger partial charge < -0.3 is 9.47 Å². The van der Waals surface area contributed by atoms with Crippen molar-refractivity contribution in [3.05, 3.63) is 16.5 Å². The lowest BCUT2D eigenvalue weighted by atomic mass is 9.96. The third-order valence-electron chi connectivity index (χ3n) is 2.42. The highest BCUT2D eigenvalue weighted by molar-refractivity contribution is 9.10. The zero-order valence-corrected chi connectivity index (χ0v) is 9.88. The molecule has 0 atom stereocenters. The first-order valence-corrected chi connectivity index (χ1v) is 5.56. The molecule has 2 rings (SSSR count). The van der Waals surface area contributed by atoms with E-state index in [4.69, 9.17) is 9.47 Å². The molecule has 82 valence electrons. The van der Waals surface area contributed by atoms with Crippen LogP contribution >= 0.6 is 15.9 Å². The van der Waals surface area contributed by atoms with Crippen LogP contribution in [0.15, 0.2) is 10.7 Å². The molecular weight excluding hydrogens is 265 g/mol. The smallest absolute Gasteiger partial charge is 0.218 e. The molecule has 0 N–H and O–H groups in total. The SMILES string of the molecule is COc1cc(OC2CCC2)nc(Br)c1F. The van der Waals surface area contributed by atoms with Crippen molar-refractivity contribution in [3.8, 4) is 11.6 Å². The van der Waals surface area contributed by atoms with Crippen LogP contribution in [0.3, 0.4) is 0 Å². The van der Waals surface area contributed by atoms with Gasteiger partial charge in [-0.1, -0.05) is 0 Å². The lowest BCUT2D eigenvalue weighted by Gasteiger charge is -2.25. The van der Waals surface area contributed by atoms with Gasteiger partial charge in [0.05, 0.1) is 7.11 Å². The van der Waals surface area contributed by atoms with Crippen LogP contribution in [-0.4, -0.2) is 18.2 Å². The molecule has 0 aromatic carbocycles. The van der Waals surface area contributed by atoms with E-state index in [0.29, 0.717) is 5.88 Å². The minimum absolute atomic E-state index is 0.121. The van der Waals surface area contributed by atoms with Gasteiger partial charge in [0.15, 0.2) is 11.6 Å². The molecule has 1 aromatic rings. The van der Waals surface area contributed by atoms with Gasteiger partial charge in [-0.25, -0.2) is 4.98 Å². The van der Waals surface area contributed by atoms with Crippen molar-refractivity contribution in [1.82, 2.24) is 4.98 Å². The minimum Gasteiger partial charge on any atom is -0.493 e. The van der Waals surface area contributed by atoms with E-state index in [9.17, 15) is 4.39 Å². The van der Waals surface area contributed by atoms with Crippen molar-refractivity contribution in [2.24, 2.45) is 0 Å². The summed E-state index contributed by atoms with van der Waals surface area (Å²) in [6.07, 6.45) is 3.49. The van der Waals surface area contributed by atoms with Gasteiger partial charge in [-0.05, 0) is 35.2 Å². The lowest BCUT2D eigenvalue weighted by Crippen LogP contribution is -2.25. The summed E-state index contributed by atoms with van der Waals surface area (Å²) in [7, 11) is 1.41. The quantitative estimate of drug-likeness (QED) is 0.795. The van der Waals surface area contributed by atoms with Crippen LogP contribution in [0.5, 0.6) is 11.6 Å². The Morgan fingerprint density at radius 3 is 2.80 bits per heavy atom. The Hall–Kier alpha value is -0.840. The van der Waals surface area contributed by atoms with Gasteiger partial charge in [0.2, 0.25) is 5.88 Å². The Morgan fingerprint density at radius 2 is 2.27 bits per heavy atom. The summed E-state index contributed by atoms with van der Waals surface area (Å²) in [6.45, 7) is 0. The van der Waals surface area contributed by atoms with Crippen LogP contribution in [0.2, 0.25) is 0 Å². The van der Waals surface area contributed by atoms with E-state index in [2.05, 4.69) is 20.9 Å². The summed E-state index contributed by atoms with van der Waals surface area (Å²) in [6, 6.07) is 1.47. The summed E-state index contributed by atoms with van der Waals surface area (Å²) in [5.74, 6) is 0.0504. The normalized spacial score (nSPS) is 15.9. The number of rotatable bonds is 3. The molecule has 0 unspecified atom stereocenters. The van der Waals surface area contributed by atoms with Crippen LogP contribution in [-0.2, 0) is 0 Å². The maximum absolute atomic E-state index is 13.3. The van der Waals surface area contributed by atoms with Crippen molar-refractivity contribution in [1.29, 1.82) is 0 Å². The molecule has 1 aromatic heterocycles. The van der Waals surface area contributed by atoms with Crippen molar-refractivity contribution in [3.63, 3.8) is 0 Å². The van der Waals surface area contributed by atoms with E-state index >= 15 is 0 Å². The highest BCUT2D eigenvalue weighted by atomic mass is 79.9. The Morgan fingerprint density at radius 1 is 1.53 bits per heavy atom. The third-order valence-corrected chi connectivity index (χ3v) is 2.95. The Balaban J connectivity index is 2.19. The zero-order chi connectivity index (χ0) is 10.8. The average molecular weight is 276 g/mol. The molecule has 1 heterocycles. The van der Waals surface area contributed by atoms with Gasteiger partial charge in [-0.3, -0.25) is 0 Å². The van der Waals surface area contributed by atoms with Gasteiger partial charge >= 0.3 is 0 Å². The number of nitrogens with zero attached hydrogens (tertiary/aromatic N) is 1. The van der Waals surface area contributed by atoms with E-state index < -0.39 is 5.82 Å². The van der Waals surface area contributed by atoms with Crippen LogP contribution in [0.25, 0.3) is 0 Å². The molecular formula is C10H11BrFNO2. The zero-order valence-electron chi connectivity index (χ0n) is 8.30. The summed E-state index contributed by atoms with van der Waals surface area (Å²) < 4.78 is 23.9. The second-order valence-electron chi connectivity index (χ2n) is 3.44. The van der Waals surface area contributed by atoms with Crippen molar-refractivity contribution < 1.29 is 13.9 Å². The summed E-state index contributed by atoms with van der Waals surface area (Å²) in [4.78, 5) is 3.94. The monoisotopic (exact) mass is 275 g/mol. The first kappa shape index (κ1) is 10.7. The van der Waals surface area contributed by atoms with Crippen LogP contribution < -0.4 is 9.47 Å². The van der Waals surface area contributed by atoms with Crippen molar-refractivity contribution in [2.45, 2.75) is 25.4 Å². The van der Waals surface area contributed by atoms with Crippen LogP contribution in [0, 0.1) is 5.82 Å². The number of hydrogen-bond donors (Lipinski definition) is 0. The molecule has 0 spiro atoms. The Bertz CT molecular complexity index is 369. The van der Waals surface area contributed by atoms with Crippen molar-refractivity contribution in [2.75, 3.05) is 7.11 Å². The molecule has 3 nitrogen and oxygen atoms in total. The summed E-state index contributed by atoms with van der Waals surface area (Å²) in [5, 5.41) is 0. The van der Waals surface area contributed by atoms with E-state index in [-0.39, 0.29) is 16.5 Å². The van der Waals surface area contributed by atoms with Gasteiger partial charge in [0, 0.05) is 6.07 Å². The minimum atomic E-state index is -0.501. The molecule has 1 saturated carbocycles. The second-order valence-corrected chi connectivity index (χ2v) is 4.19. The first-order chi connectivity index (χ1) is 7.20. The van der Waals surface area contributed by atoms with Crippen LogP contribution in [0.1, 0.15) is 19.3 Å². The summed E-state index contributed by atoms with van der Waals surface area (Å²) >= 11 is 3.02. The standard InChI is InChI=1S/C10H11BrFNO2/c1-14-7-5-8(13-10(11)9(7)12)15-6-3-2-4-6/h5-6H,2-4H2,1H3. The number of hydrogen-bond acceptors (Lipinski definition) is 3. The summed E-state index contributed by atoms with van der Waals surface area (Å²) in [5.41, 5.74) is 0. The molecule has 0 aliphatic heterocycles. The Kier molecular flexibility index (Phi) is 3.09. The molecule has 0 radical (unpaired) electrons. The highest BCUT2D eigenvalue weighted by Gasteiger charge is 2.21. The fraction of sp³-hybridized carbons (Fsp3) is 0.500. The highest BCUT2D eigenvalue weighted by Crippen LogP contribution is 2.30. The molecule has 0 bridgehead atoms. The molecule has 1 fully saturated rings. The van der Waals surface area contributed by atoms with E-state index in [1.807, 2.05) is 0 Å². The maximum Gasteiger partial charge on any atom is 0.218 e. The lowest BCUT2D eigenvalue weighted by molar-refractivity contribution is 0.113. The van der Waals surface area contributed by atoms with Gasteiger partial charge in [0.1, 0.15) is 10.7 Å². The third kappa shape index (κ3) is 2.22. The molecule has 5 heteroatoms.